The zero-order valence-electron chi connectivity index (χ0n) is 10.8. The topological polar surface area (TPSA) is 64.3 Å². The Bertz CT molecular complexity index is 494. The molecular formula is C13H18N4OS. The molecule has 1 saturated heterocycles. The van der Waals surface area contributed by atoms with Gasteiger partial charge < -0.3 is 15.4 Å². The number of rotatable bonds is 2. The summed E-state index contributed by atoms with van der Waals surface area (Å²) in [5.74, 6) is 1.05. The van der Waals surface area contributed by atoms with Crippen molar-refractivity contribution in [3.05, 3.63) is 17.6 Å². The molecule has 1 aromatic rings. The van der Waals surface area contributed by atoms with Gasteiger partial charge in [0.25, 0.3) is 0 Å². The molecular weight excluding hydrogens is 260 g/mol. The maximum Gasteiger partial charge on any atom is 0.135 e. The minimum atomic E-state index is -0.169. The molecule has 102 valence electrons. The second-order valence-electron chi connectivity index (χ2n) is 5.04. The number of ether oxygens (including phenoxy) is 1. The first kappa shape index (κ1) is 12.7. The molecule has 0 radical (unpaired) electrons. The predicted octanol–water partition coefficient (Wildman–Crippen LogP) is 0.847. The quantitative estimate of drug-likeness (QED) is 0.809. The molecule has 19 heavy (non-hydrogen) atoms. The number of aryl methyl sites for hydroxylation is 1. The van der Waals surface area contributed by atoms with E-state index in [4.69, 9.17) is 22.7 Å². The lowest BCUT2D eigenvalue weighted by Gasteiger charge is -2.35. The van der Waals surface area contributed by atoms with E-state index in [0.717, 1.165) is 25.2 Å². The smallest absolute Gasteiger partial charge is 0.135 e. The van der Waals surface area contributed by atoms with E-state index < -0.39 is 0 Å². The van der Waals surface area contributed by atoms with Crippen LogP contribution in [0.2, 0.25) is 0 Å². The van der Waals surface area contributed by atoms with Gasteiger partial charge in [-0.1, -0.05) is 12.2 Å². The highest BCUT2D eigenvalue weighted by Gasteiger charge is 2.26. The Morgan fingerprint density at radius 2 is 2.21 bits per heavy atom. The molecule has 2 aliphatic rings. The number of fused-ring (bicyclic) bond motifs is 1. The minimum absolute atomic E-state index is 0.169. The molecule has 3 rings (SSSR count). The van der Waals surface area contributed by atoms with Crippen LogP contribution in [0.15, 0.2) is 6.33 Å². The number of hydrogen-bond acceptors (Lipinski definition) is 5. The van der Waals surface area contributed by atoms with Crippen LogP contribution in [0.1, 0.15) is 24.1 Å². The van der Waals surface area contributed by atoms with E-state index in [1.165, 1.54) is 24.1 Å². The average Bonchev–Trinajstić information content (AvgIpc) is 2.47. The largest absolute Gasteiger partial charge is 0.391 e. The highest BCUT2D eigenvalue weighted by Crippen LogP contribution is 2.28. The average molecular weight is 278 g/mol. The van der Waals surface area contributed by atoms with Crippen molar-refractivity contribution in [1.29, 1.82) is 0 Å². The van der Waals surface area contributed by atoms with Crippen molar-refractivity contribution >= 4 is 23.0 Å². The van der Waals surface area contributed by atoms with Crippen molar-refractivity contribution in [3.63, 3.8) is 0 Å². The van der Waals surface area contributed by atoms with Crippen LogP contribution in [-0.2, 0) is 17.6 Å². The van der Waals surface area contributed by atoms with Gasteiger partial charge in [-0.2, -0.15) is 0 Å². The first-order valence-corrected chi connectivity index (χ1v) is 7.15. The van der Waals surface area contributed by atoms with Crippen LogP contribution < -0.4 is 10.6 Å². The van der Waals surface area contributed by atoms with Gasteiger partial charge in [0, 0.05) is 17.8 Å². The first-order valence-electron chi connectivity index (χ1n) is 6.74. The van der Waals surface area contributed by atoms with Crippen molar-refractivity contribution in [2.24, 2.45) is 5.73 Å². The summed E-state index contributed by atoms with van der Waals surface area (Å²) < 4.78 is 5.58. The van der Waals surface area contributed by atoms with Crippen LogP contribution in [0.25, 0.3) is 0 Å². The van der Waals surface area contributed by atoms with E-state index in [9.17, 15) is 0 Å². The molecule has 0 aromatic carbocycles. The van der Waals surface area contributed by atoms with Gasteiger partial charge in [0.15, 0.2) is 0 Å². The molecule has 0 saturated carbocycles. The lowest BCUT2D eigenvalue weighted by molar-refractivity contribution is 0.0843. The summed E-state index contributed by atoms with van der Waals surface area (Å²) in [5, 5.41) is 0. The van der Waals surface area contributed by atoms with E-state index in [2.05, 4.69) is 14.9 Å². The Morgan fingerprint density at radius 3 is 3.05 bits per heavy atom. The van der Waals surface area contributed by atoms with Crippen LogP contribution in [0.5, 0.6) is 0 Å². The molecule has 5 nitrogen and oxygen atoms in total. The molecule has 2 heterocycles. The van der Waals surface area contributed by atoms with Gasteiger partial charge >= 0.3 is 0 Å². The highest BCUT2D eigenvalue weighted by molar-refractivity contribution is 7.80. The van der Waals surface area contributed by atoms with Crippen LogP contribution >= 0.6 is 12.2 Å². The first-order chi connectivity index (χ1) is 9.25. The van der Waals surface area contributed by atoms with Crippen LogP contribution in [0.4, 0.5) is 5.82 Å². The van der Waals surface area contributed by atoms with Gasteiger partial charge in [0.05, 0.1) is 13.2 Å². The Kier molecular flexibility index (Phi) is 3.61. The Hall–Kier alpha value is -1.27. The third kappa shape index (κ3) is 2.55. The van der Waals surface area contributed by atoms with Crippen molar-refractivity contribution in [2.75, 3.05) is 24.6 Å². The molecule has 1 aromatic heterocycles. The molecule has 1 fully saturated rings. The predicted molar refractivity (Wildman–Crippen MR) is 77.4 cm³/mol. The molecule has 1 unspecified atom stereocenters. The summed E-state index contributed by atoms with van der Waals surface area (Å²) in [6.07, 6.45) is 6.08. The van der Waals surface area contributed by atoms with Gasteiger partial charge in [-0.3, -0.25) is 0 Å². The number of aromatic nitrogens is 2. The van der Waals surface area contributed by atoms with E-state index in [1.807, 2.05) is 0 Å². The molecule has 2 N–H and O–H groups in total. The zero-order chi connectivity index (χ0) is 13.2. The molecule has 6 heteroatoms. The minimum Gasteiger partial charge on any atom is -0.391 e. The summed E-state index contributed by atoms with van der Waals surface area (Å²) in [6.45, 7) is 2.17. The second-order valence-corrected chi connectivity index (χ2v) is 5.51. The SMILES string of the molecule is NC(=S)C1CN(c2ncnc3c2CCCC3)CCO1. The van der Waals surface area contributed by atoms with Crippen molar-refractivity contribution in [1.82, 2.24) is 9.97 Å². The van der Waals surface area contributed by atoms with E-state index >= 15 is 0 Å². The van der Waals surface area contributed by atoms with E-state index in [-0.39, 0.29) is 6.10 Å². The summed E-state index contributed by atoms with van der Waals surface area (Å²) in [7, 11) is 0. The molecule has 0 spiro atoms. The van der Waals surface area contributed by atoms with Crippen LogP contribution in [-0.4, -0.2) is 40.8 Å². The summed E-state index contributed by atoms with van der Waals surface area (Å²) in [4.78, 5) is 11.6. The maximum atomic E-state index is 5.69. The third-order valence-corrected chi connectivity index (χ3v) is 4.05. The Labute approximate surface area is 118 Å². The molecule has 1 aliphatic heterocycles. The van der Waals surface area contributed by atoms with Gasteiger partial charge in [-0.25, -0.2) is 9.97 Å². The number of thiocarbonyl (C=S) groups is 1. The Morgan fingerprint density at radius 1 is 1.37 bits per heavy atom. The van der Waals surface area contributed by atoms with Gasteiger partial charge in [0.1, 0.15) is 23.2 Å². The Balaban J connectivity index is 1.87. The fraction of sp³-hybridized carbons (Fsp3) is 0.615. The van der Waals surface area contributed by atoms with Gasteiger partial charge in [-0.05, 0) is 25.7 Å². The highest BCUT2D eigenvalue weighted by atomic mass is 32.1. The maximum absolute atomic E-state index is 5.69. The van der Waals surface area contributed by atoms with Gasteiger partial charge in [0.2, 0.25) is 0 Å². The monoisotopic (exact) mass is 278 g/mol. The fourth-order valence-corrected chi connectivity index (χ4v) is 2.93. The van der Waals surface area contributed by atoms with Gasteiger partial charge in [-0.15, -0.1) is 0 Å². The van der Waals surface area contributed by atoms with Crippen molar-refractivity contribution in [2.45, 2.75) is 31.8 Å². The molecule has 0 amide bonds. The summed E-state index contributed by atoms with van der Waals surface area (Å²) in [6, 6.07) is 0. The van der Waals surface area contributed by atoms with Crippen LogP contribution in [0.3, 0.4) is 0 Å². The standard InChI is InChI=1S/C13H18N4OS/c14-12(19)11-7-17(5-6-18-11)13-9-3-1-2-4-10(9)15-8-16-13/h8,11H,1-7H2,(H2,14,19). The third-order valence-electron chi connectivity index (χ3n) is 3.79. The summed E-state index contributed by atoms with van der Waals surface area (Å²) >= 11 is 5.03. The fourth-order valence-electron chi connectivity index (χ4n) is 2.79. The number of morpholine rings is 1. The molecule has 1 atom stereocenters. The normalized spacial score (nSPS) is 22.9. The van der Waals surface area contributed by atoms with Crippen LogP contribution in [0, 0.1) is 0 Å². The van der Waals surface area contributed by atoms with Crippen molar-refractivity contribution in [3.8, 4) is 0 Å². The number of nitrogens with zero attached hydrogens (tertiary/aromatic N) is 3. The molecule has 1 aliphatic carbocycles. The second kappa shape index (κ2) is 5.38. The van der Waals surface area contributed by atoms with E-state index in [0.29, 0.717) is 18.1 Å². The lowest BCUT2D eigenvalue weighted by atomic mass is 9.96. The number of hydrogen-bond donors (Lipinski definition) is 1. The number of nitrogens with two attached hydrogens (primary N) is 1. The molecule has 0 bridgehead atoms. The van der Waals surface area contributed by atoms with Crippen molar-refractivity contribution < 1.29 is 4.74 Å². The number of anilines is 1. The zero-order valence-corrected chi connectivity index (χ0v) is 11.7. The van der Waals surface area contributed by atoms with E-state index in [1.54, 1.807) is 6.33 Å². The lowest BCUT2D eigenvalue weighted by Crippen LogP contribution is -2.48. The summed E-state index contributed by atoms with van der Waals surface area (Å²) in [5.41, 5.74) is 8.20.